The fourth-order valence-corrected chi connectivity index (χ4v) is 2.03. The van der Waals surface area contributed by atoms with Crippen LogP contribution in [0.3, 0.4) is 0 Å². The van der Waals surface area contributed by atoms with Crippen molar-refractivity contribution in [3.8, 4) is 11.3 Å². The maximum absolute atomic E-state index is 12.1. The van der Waals surface area contributed by atoms with Crippen molar-refractivity contribution in [1.82, 2.24) is 0 Å². The third-order valence-corrected chi connectivity index (χ3v) is 2.98. The molecule has 0 fully saturated rings. The second-order valence-corrected chi connectivity index (χ2v) is 4.32. The predicted octanol–water partition coefficient (Wildman–Crippen LogP) is 2.62. The summed E-state index contributed by atoms with van der Waals surface area (Å²) in [5.74, 6) is 0.503. The van der Waals surface area contributed by atoms with E-state index in [1.54, 1.807) is 30.3 Å². The van der Waals surface area contributed by atoms with Gasteiger partial charge in [-0.05, 0) is 36.4 Å². The van der Waals surface area contributed by atoms with Crippen LogP contribution in [0, 0.1) is 0 Å². The lowest BCUT2D eigenvalue weighted by Crippen LogP contribution is -2.03. The van der Waals surface area contributed by atoms with Crippen molar-refractivity contribution in [2.24, 2.45) is 0 Å². The number of benzene rings is 2. The van der Waals surface area contributed by atoms with Crippen LogP contribution >= 0.6 is 0 Å². The Kier molecular flexibility index (Phi) is 2.49. The van der Waals surface area contributed by atoms with Gasteiger partial charge >= 0.3 is 0 Å². The molecular weight excluding hydrogens is 240 g/mol. The van der Waals surface area contributed by atoms with Crippen molar-refractivity contribution in [3.63, 3.8) is 0 Å². The molecule has 0 radical (unpaired) electrons. The molecule has 1 aromatic heterocycles. The quantitative estimate of drug-likeness (QED) is 0.652. The van der Waals surface area contributed by atoms with Gasteiger partial charge in [-0.3, -0.25) is 4.79 Å². The van der Waals surface area contributed by atoms with E-state index in [-0.39, 0.29) is 5.43 Å². The Morgan fingerprint density at radius 1 is 0.947 bits per heavy atom. The summed E-state index contributed by atoms with van der Waals surface area (Å²) in [6.45, 7) is 0. The molecule has 0 bridgehead atoms. The van der Waals surface area contributed by atoms with E-state index in [4.69, 9.17) is 15.9 Å². The average Bonchev–Trinajstić information content (AvgIpc) is 2.39. The van der Waals surface area contributed by atoms with E-state index >= 15 is 0 Å². The molecule has 0 aliphatic carbocycles. The van der Waals surface area contributed by atoms with Gasteiger partial charge in [-0.2, -0.15) is 0 Å². The predicted molar refractivity (Wildman–Crippen MR) is 76.7 cm³/mol. The molecule has 0 saturated heterocycles. The van der Waals surface area contributed by atoms with Gasteiger partial charge in [-0.25, -0.2) is 0 Å². The van der Waals surface area contributed by atoms with E-state index in [0.717, 1.165) is 5.56 Å². The summed E-state index contributed by atoms with van der Waals surface area (Å²) in [6, 6.07) is 13.8. The van der Waals surface area contributed by atoms with Crippen LogP contribution < -0.4 is 16.9 Å². The second-order valence-electron chi connectivity index (χ2n) is 4.32. The fraction of sp³-hybridized carbons (Fsp3) is 0. The number of hydrogen-bond acceptors (Lipinski definition) is 4. The Labute approximate surface area is 109 Å². The third kappa shape index (κ3) is 1.93. The smallest absolute Gasteiger partial charge is 0.195 e. The normalized spacial score (nSPS) is 10.7. The highest BCUT2D eigenvalue weighted by Gasteiger charge is 2.08. The van der Waals surface area contributed by atoms with Gasteiger partial charge in [-0.15, -0.1) is 0 Å². The van der Waals surface area contributed by atoms with Crippen LogP contribution in [0.5, 0.6) is 0 Å². The molecule has 0 amide bonds. The van der Waals surface area contributed by atoms with E-state index in [9.17, 15) is 4.79 Å². The Morgan fingerprint density at radius 3 is 2.42 bits per heavy atom. The van der Waals surface area contributed by atoms with Crippen molar-refractivity contribution in [2.45, 2.75) is 0 Å². The van der Waals surface area contributed by atoms with Gasteiger partial charge in [0.1, 0.15) is 11.3 Å². The van der Waals surface area contributed by atoms with Crippen LogP contribution in [0.1, 0.15) is 0 Å². The molecule has 0 saturated carbocycles. The first-order chi connectivity index (χ1) is 9.15. The third-order valence-electron chi connectivity index (χ3n) is 2.98. The molecule has 94 valence electrons. The summed E-state index contributed by atoms with van der Waals surface area (Å²) in [6.07, 6.45) is 0. The molecule has 4 nitrogen and oxygen atoms in total. The lowest BCUT2D eigenvalue weighted by atomic mass is 10.1. The minimum atomic E-state index is -0.147. The highest BCUT2D eigenvalue weighted by Crippen LogP contribution is 2.25. The van der Waals surface area contributed by atoms with Crippen molar-refractivity contribution < 1.29 is 4.42 Å². The van der Waals surface area contributed by atoms with E-state index < -0.39 is 0 Å². The van der Waals surface area contributed by atoms with Crippen molar-refractivity contribution in [2.75, 3.05) is 11.5 Å². The lowest BCUT2D eigenvalue weighted by Gasteiger charge is -2.05. The van der Waals surface area contributed by atoms with Crippen LogP contribution in [-0.2, 0) is 0 Å². The van der Waals surface area contributed by atoms with Gasteiger partial charge in [0.25, 0.3) is 0 Å². The molecule has 1 heterocycles. The first-order valence-electron chi connectivity index (χ1n) is 5.83. The number of fused-ring (bicyclic) bond motifs is 1. The first kappa shape index (κ1) is 11.3. The maximum atomic E-state index is 12.1. The van der Waals surface area contributed by atoms with Gasteiger partial charge in [0.05, 0.1) is 5.39 Å². The topological polar surface area (TPSA) is 82.2 Å². The number of rotatable bonds is 1. The summed E-state index contributed by atoms with van der Waals surface area (Å²) >= 11 is 0. The van der Waals surface area contributed by atoms with Crippen molar-refractivity contribution in [1.29, 1.82) is 0 Å². The standard InChI is InChI=1S/C15H12N2O2/c16-10-6-4-9(5-7-10)14-8-12(18)15-11(17)2-1-3-13(15)19-14/h1-8H,16-17H2. The van der Waals surface area contributed by atoms with Crippen LogP contribution in [-0.4, -0.2) is 0 Å². The van der Waals surface area contributed by atoms with Gasteiger partial charge in [0, 0.05) is 23.0 Å². The summed E-state index contributed by atoms with van der Waals surface area (Å²) in [4.78, 5) is 12.1. The number of hydrogen-bond donors (Lipinski definition) is 2. The molecule has 3 rings (SSSR count). The zero-order valence-corrected chi connectivity index (χ0v) is 10.1. The molecular formula is C15H12N2O2. The van der Waals surface area contributed by atoms with Crippen LogP contribution in [0.15, 0.2) is 57.7 Å². The van der Waals surface area contributed by atoms with Crippen molar-refractivity contribution in [3.05, 3.63) is 58.8 Å². The van der Waals surface area contributed by atoms with Gasteiger partial charge < -0.3 is 15.9 Å². The highest BCUT2D eigenvalue weighted by molar-refractivity contribution is 5.89. The van der Waals surface area contributed by atoms with E-state index in [1.807, 2.05) is 12.1 Å². The summed E-state index contributed by atoms with van der Waals surface area (Å²) < 4.78 is 5.73. The molecule has 2 aromatic carbocycles. The Morgan fingerprint density at radius 2 is 1.68 bits per heavy atom. The Balaban J connectivity index is 2.27. The zero-order valence-electron chi connectivity index (χ0n) is 10.1. The fourth-order valence-electron chi connectivity index (χ4n) is 2.03. The zero-order chi connectivity index (χ0) is 13.4. The lowest BCUT2D eigenvalue weighted by molar-refractivity contribution is 0.619. The molecule has 4 heteroatoms. The molecule has 0 atom stereocenters. The van der Waals surface area contributed by atoms with E-state index in [2.05, 4.69) is 0 Å². The second kappa shape index (κ2) is 4.17. The largest absolute Gasteiger partial charge is 0.456 e. The van der Waals surface area contributed by atoms with E-state index in [0.29, 0.717) is 28.1 Å². The number of nitrogen functional groups attached to an aromatic ring is 2. The summed E-state index contributed by atoms with van der Waals surface area (Å²) in [7, 11) is 0. The molecule has 4 N–H and O–H groups in total. The van der Waals surface area contributed by atoms with Crippen LogP contribution in [0.4, 0.5) is 11.4 Å². The number of anilines is 2. The van der Waals surface area contributed by atoms with Crippen LogP contribution in [0.25, 0.3) is 22.3 Å². The molecule has 3 aromatic rings. The summed E-state index contributed by atoms with van der Waals surface area (Å²) in [5, 5.41) is 0.418. The molecule has 0 aliphatic rings. The molecule has 19 heavy (non-hydrogen) atoms. The highest BCUT2D eigenvalue weighted by atomic mass is 16.3. The van der Waals surface area contributed by atoms with Gasteiger partial charge in [-0.1, -0.05) is 6.07 Å². The number of nitrogens with two attached hydrogens (primary N) is 2. The summed E-state index contributed by atoms with van der Waals surface area (Å²) in [5.41, 5.74) is 13.7. The monoisotopic (exact) mass is 252 g/mol. The Bertz CT molecular complexity index is 804. The van der Waals surface area contributed by atoms with Gasteiger partial charge in [0.2, 0.25) is 0 Å². The van der Waals surface area contributed by atoms with Gasteiger partial charge in [0.15, 0.2) is 5.43 Å². The first-order valence-corrected chi connectivity index (χ1v) is 5.83. The SMILES string of the molecule is Nc1ccc(-c2cc(=O)c3c(N)cccc3o2)cc1. The van der Waals surface area contributed by atoms with E-state index in [1.165, 1.54) is 6.07 Å². The molecule has 0 unspecified atom stereocenters. The van der Waals surface area contributed by atoms with Crippen LogP contribution in [0.2, 0.25) is 0 Å². The van der Waals surface area contributed by atoms with Crippen molar-refractivity contribution >= 4 is 22.3 Å². The Hall–Kier alpha value is -2.75. The minimum absolute atomic E-state index is 0.147. The average molecular weight is 252 g/mol. The maximum Gasteiger partial charge on any atom is 0.195 e. The molecule has 0 spiro atoms. The minimum Gasteiger partial charge on any atom is -0.456 e. The molecule has 0 aliphatic heterocycles.